The molecule has 3 N–H and O–H groups in total. The van der Waals surface area contributed by atoms with E-state index in [0.29, 0.717) is 11.3 Å². The number of hydrogen-bond donors (Lipinski definition) is 3. The van der Waals surface area contributed by atoms with Gasteiger partial charge in [-0.05, 0) is 25.1 Å². The lowest BCUT2D eigenvalue weighted by molar-refractivity contribution is 0.0690. The second-order valence-corrected chi connectivity index (χ2v) is 4.05. The Kier molecular flexibility index (Phi) is 3.60. The number of H-pyrrole nitrogens is 1. The van der Waals surface area contributed by atoms with Crippen LogP contribution in [-0.4, -0.2) is 32.7 Å². The summed E-state index contributed by atoms with van der Waals surface area (Å²) in [6.07, 6.45) is 2.69. The van der Waals surface area contributed by atoms with Crippen LogP contribution in [0.5, 0.6) is 0 Å². The Balaban J connectivity index is 2.10. The summed E-state index contributed by atoms with van der Waals surface area (Å²) in [5.74, 6) is -1.73. The van der Waals surface area contributed by atoms with Crippen LogP contribution in [0.25, 0.3) is 0 Å². The number of rotatable bonds is 4. The van der Waals surface area contributed by atoms with Crippen LogP contribution in [0.15, 0.2) is 30.6 Å². The molecule has 0 aliphatic rings. The molecule has 7 nitrogen and oxygen atoms in total. The minimum absolute atomic E-state index is 0.110. The van der Waals surface area contributed by atoms with Crippen molar-refractivity contribution in [3.05, 3.63) is 47.5 Å². The predicted molar refractivity (Wildman–Crippen MR) is 69.9 cm³/mol. The molecule has 1 amide bonds. The van der Waals surface area contributed by atoms with Gasteiger partial charge in [0.1, 0.15) is 11.4 Å². The SMILES string of the molecule is CC(=O)c1c[nH]c(C(=O)Nc2ccc(C(=O)O)nc2)c1. The van der Waals surface area contributed by atoms with E-state index in [9.17, 15) is 14.4 Å². The van der Waals surface area contributed by atoms with Gasteiger partial charge in [0.15, 0.2) is 5.78 Å². The van der Waals surface area contributed by atoms with E-state index in [1.54, 1.807) is 0 Å². The van der Waals surface area contributed by atoms with Crippen LogP contribution in [-0.2, 0) is 0 Å². The number of aromatic amines is 1. The first-order valence-corrected chi connectivity index (χ1v) is 5.67. The molecule has 2 heterocycles. The maximum Gasteiger partial charge on any atom is 0.354 e. The van der Waals surface area contributed by atoms with E-state index in [0.717, 1.165) is 0 Å². The van der Waals surface area contributed by atoms with E-state index in [1.165, 1.54) is 37.5 Å². The summed E-state index contributed by atoms with van der Waals surface area (Å²) >= 11 is 0. The van der Waals surface area contributed by atoms with Gasteiger partial charge in [0.25, 0.3) is 5.91 Å². The molecule has 2 rings (SSSR count). The van der Waals surface area contributed by atoms with E-state index in [4.69, 9.17) is 5.11 Å². The lowest BCUT2D eigenvalue weighted by Crippen LogP contribution is -2.12. The Bertz CT molecular complexity index is 673. The number of carbonyl (C=O) groups is 3. The first-order chi connectivity index (χ1) is 9.47. The van der Waals surface area contributed by atoms with Gasteiger partial charge in [-0.15, -0.1) is 0 Å². The largest absolute Gasteiger partial charge is 0.477 e. The second kappa shape index (κ2) is 5.35. The summed E-state index contributed by atoms with van der Waals surface area (Å²) < 4.78 is 0. The summed E-state index contributed by atoms with van der Waals surface area (Å²) in [5, 5.41) is 11.2. The van der Waals surface area contributed by atoms with E-state index in [1.807, 2.05) is 0 Å². The molecule has 0 aliphatic heterocycles. The molecule has 102 valence electrons. The van der Waals surface area contributed by atoms with E-state index < -0.39 is 11.9 Å². The third kappa shape index (κ3) is 2.89. The summed E-state index contributed by atoms with van der Waals surface area (Å²) in [6, 6.07) is 4.16. The van der Waals surface area contributed by atoms with Crippen molar-refractivity contribution >= 4 is 23.3 Å². The number of aromatic nitrogens is 2. The highest BCUT2D eigenvalue weighted by Crippen LogP contribution is 2.10. The normalized spacial score (nSPS) is 10.1. The number of carboxylic acid groups (broad SMARTS) is 1. The van der Waals surface area contributed by atoms with Crippen LogP contribution in [0, 0.1) is 0 Å². The molecule has 0 aromatic carbocycles. The van der Waals surface area contributed by atoms with Crippen molar-refractivity contribution in [1.82, 2.24) is 9.97 Å². The molecule has 2 aromatic heterocycles. The fourth-order valence-electron chi connectivity index (χ4n) is 1.52. The van der Waals surface area contributed by atoms with Crippen molar-refractivity contribution in [3.8, 4) is 0 Å². The quantitative estimate of drug-likeness (QED) is 0.732. The average Bonchev–Trinajstić information content (AvgIpc) is 2.89. The zero-order chi connectivity index (χ0) is 14.7. The molecule has 0 aliphatic carbocycles. The van der Waals surface area contributed by atoms with Crippen molar-refractivity contribution in [1.29, 1.82) is 0 Å². The minimum Gasteiger partial charge on any atom is -0.477 e. The molecule has 0 unspecified atom stereocenters. The average molecular weight is 273 g/mol. The van der Waals surface area contributed by atoms with Crippen LogP contribution in [0.1, 0.15) is 38.3 Å². The van der Waals surface area contributed by atoms with Crippen LogP contribution in [0.2, 0.25) is 0 Å². The number of nitrogens with one attached hydrogen (secondary N) is 2. The summed E-state index contributed by atoms with van der Waals surface area (Å²) in [5.41, 5.74) is 0.896. The Morgan fingerprint density at radius 3 is 2.55 bits per heavy atom. The fourth-order valence-corrected chi connectivity index (χ4v) is 1.52. The minimum atomic E-state index is -1.14. The molecule has 0 spiro atoms. The Hall–Kier alpha value is -2.96. The smallest absolute Gasteiger partial charge is 0.354 e. The zero-order valence-corrected chi connectivity index (χ0v) is 10.5. The molecule has 2 aromatic rings. The third-order valence-electron chi connectivity index (χ3n) is 2.57. The number of ketones is 1. The summed E-state index contributed by atoms with van der Waals surface area (Å²) in [6.45, 7) is 1.40. The van der Waals surface area contributed by atoms with Crippen molar-refractivity contribution in [2.24, 2.45) is 0 Å². The van der Waals surface area contributed by atoms with Gasteiger partial charge in [-0.25, -0.2) is 9.78 Å². The highest BCUT2D eigenvalue weighted by atomic mass is 16.4. The van der Waals surface area contributed by atoms with Gasteiger partial charge in [0, 0.05) is 11.8 Å². The van der Waals surface area contributed by atoms with Crippen molar-refractivity contribution in [2.45, 2.75) is 6.92 Å². The zero-order valence-electron chi connectivity index (χ0n) is 10.5. The third-order valence-corrected chi connectivity index (χ3v) is 2.57. The molecular formula is C13H11N3O4. The second-order valence-electron chi connectivity index (χ2n) is 4.05. The van der Waals surface area contributed by atoms with Gasteiger partial charge in [0.05, 0.1) is 11.9 Å². The van der Waals surface area contributed by atoms with E-state index in [2.05, 4.69) is 15.3 Å². The molecule has 0 radical (unpaired) electrons. The first kappa shape index (κ1) is 13.5. The number of carbonyl (C=O) groups excluding carboxylic acids is 2. The highest BCUT2D eigenvalue weighted by Gasteiger charge is 2.11. The fraction of sp³-hybridized carbons (Fsp3) is 0.0769. The van der Waals surface area contributed by atoms with Gasteiger partial charge in [0.2, 0.25) is 0 Å². The van der Waals surface area contributed by atoms with Crippen LogP contribution < -0.4 is 5.32 Å². The van der Waals surface area contributed by atoms with Gasteiger partial charge >= 0.3 is 5.97 Å². The Morgan fingerprint density at radius 1 is 1.30 bits per heavy atom. The van der Waals surface area contributed by atoms with Gasteiger partial charge in [-0.1, -0.05) is 0 Å². The van der Waals surface area contributed by atoms with Crippen molar-refractivity contribution in [2.75, 3.05) is 5.32 Å². The van der Waals surface area contributed by atoms with E-state index >= 15 is 0 Å². The number of pyridine rings is 1. The molecular weight excluding hydrogens is 262 g/mol. The van der Waals surface area contributed by atoms with Crippen molar-refractivity contribution < 1.29 is 19.5 Å². The van der Waals surface area contributed by atoms with Gasteiger partial charge < -0.3 is 15.4 Å². The first-order valence-electron chi connectivity index (χ1n) is 5.67. The Morgan fingerprint density at radius 2 is 2.05 bits per heavy atom. The number of nitrogens with zero attached hydrogens (tertiary/aromatic N) is 1. The summed E-state index contributed by atoms with van der Waals surface area (Å²) in [7, 11) is 0. The lowest BCUT2D eigenvalue weighted by Gasteiger charge is -2.03. The molecule has 0 saturated carbocycles. The number of anilines is 1. The molecule has 0 bridgehead atoms. The number of aromatic carboxylic acids is 1. The maximum absolute atomic E-state index is 11.9. The highest BCUT2D eigenvalue weighted by molar-refractivity contribution is 6.05. The summed E-state index contributed by atoms with van der Waals surface area (Å²) in [4.78, 5) is 40.0. The van der Waals surface area contributed by atoms with E-state index in [-0.39, 0.29) is 17.2 Å². The number of Topliss-reactive ketones (excluding diaryl/α,β-unsaturated/α-hetero) is 1. The maximum atomic E-state index is 11.9. The Labute approximate surface area is 113 Å². The standard InChI is InChI=1S/C13H11N3O4/c1-7(17)8-4-11(14-5-8)12(18)16-9-2-3-10(13(19)20)15-6-9/h2-6,14H,1H3,(H,16,18)(H,19,20). The number of hydrogen-bond acceptors (Lipinski definition) is 4. The monoisotopic (exact) mass is 273 g/mol. The number of carboxylic acids is 1. The topological polar surface area (TPSA) is 112 Å². The molecule has 0 fully saturated rings. The molecule has 0 saturated heterocycles. The van der Waals surface area contributed by atoms with Crippen LogP contribution >= 0.6 is 0 Å². The molecule has 0 atom stereocenters. The molecule has 7 heteroatoms. The molecule has 20 heavy (non-hydrogen) atoms. The van der Waals surface area contributed by atoms with Crippen molar-refractivity contribution in [3.63, 3.8) is 0 Å². The van der Waals surface area contributed by atoms with Crippen LogP contribution in [0.3, 0.4) is 0 Å². The van der Waals surface area contributed by atoms with Gasteiger partial charge in [-0.3, -0.25) is 9.59 Å². The van der Waals surface area contributed by atoms with Gasteiger partial charge in [-0.2, -0.15) is 0 Å². The van der Waals surface area contributed by atoms with Crippen LogP contribution in [0.4, 0.5) is 5.69 Å². The number of amides is 1. The predicted octanol–water partition coefficient (Wildman–Crippen LogP) is 1.56. The lowest BCUT2D eigenvalue weighted by atomic mass is 10.2.